The third-order valence-electron chi connectivity index (χ3n) is 2.78. The zero-order chi connectivity index (χ0) is 11.1. The van der Waals surface area contributed by atoms with Crippen molar-refractivity contribution in [1.29, 1.82) is 0 Å². The summed E-state index contributed by atoms with van der Waals surface area (Å²) in [5, 5.41) is 12.2. The van der Waals surface area contributed by atoms with Crippen molar-refractivity contribution in [3.05, 3.63) is 23.5 Å². The quantitative estimate of drug-likeness (QED) is 0.603. The molecule has 3 nitrogen and oxygen atoms in total. The minimum Gasteiger partial charge on any atom is -0.401 e. The molecule has 0 amide bonds. The average molecular weight is 210 g/mol. The largest absolute Gasteiger partial charge is 0.401 e. The van der Waals surface area contributed by atoms with Gasteiger partial charge in [0.2, 0.25) is 0 Å². The van der Waals surface area contributed by atoms with Crippen molar-refractivity contribution in [3.8, 4) is 0 Å². The van der Waals surface area contributed by atoms with E-state index in [2.05, 4.69) is 18.3 Å². The second-order valence-corrected chi connectivity index (χ2v) is 4.15. The van der Waals surface area contributed by atoms with Crippen LogP contribution in [0.2, 0.25) is 0 Å². The maximum absolute atomic E-state index is 9.06. The maximum atomic E-state index is 9.06. The Balaban J connectivity index is 2.36. The average Bonchev–Trinajstić information content (AvgIpc) is 2.26. The van der Waals surface area contributed by atoms with Crippen LogP contribution >= 0.6 is 0 Å². The van der Waals surface area contributed by atoms with Crippen LogP contribution in [0.25, 0.3) is 0 Å². The highest BCUT2D eigenvalue weighted by Gasteiger charge is 2.15. The first-order valence-corrected chi connectivity index (χ1v) is 5.73. The zero-order valence-corrected chi connectivity index (χ0v) is 9.50. The molecule has 0 saturated carbocycles. The fraction of sp³-hybridized carbons (Fsp3) is 0.667. The molecular weight excluding hydrogens is 188 g/mol. The fourth-order valence-electron chi connectivity index (χ4n) is 2.01. The monoisotopic (exact) mass is 210 g/mol. The number of nitrogens with one attached hydrogen (secondary N) is 1. The molecule has 0 aliphatic heterocycles. The van der Waals surface area contributed by atoms with Gasteiger partial charge in [0, 0.05) is 18.4 Å². The molecule has 0 spiro atoms. The second kappa shape index (κ2) is 6.51. The van der Waals surface area contributed by atoms with Gasteiger partial charge in [0.15, 0.2) is 0 Å². The van der Waals surface area contributed by atoms with Crippen molar-refractivity contribution >= 4 is 0 Å². The van der Waals surface area contributed by atoms with E-state index in [-0.39, 0.29) is 6.61 Å². The summed E-state index contributed by atoms with van der Waals surface area (Å²) in [4.78, 5) is 0. The highest BCUT2D eigenvalue weighted by atomic mass is 16.3. The first-order valence-electron chi connectivity index (χ1n) is 5.73. The molecule has 1 atom stereocenters. The molecule has 0 aromatic heterocycles. The zero-order valence-electron chi connectivity index (χ0n) is 9.50. The molecule has 0 radical (unpaired) electrons. The van der Waals surface area contributed by atoms with Gasteiger partial charge in [-0.05, 0) is 44.1 Å². The normalized spacial score (nSPS) is 22.4. The molecule has 15 heavy (non-hydrogen) atoms. The third kappa shape index (κ3) is 4.38. The van der Waals surface area contributed by atoms with Crippen LogP contribution in [0.4, 0.5) is 0 Å². The van der Waals surface area contributed by atoms with Gasteiger partial charge in [-0.3, -0.25) is 0 Å². The molecule has 0 aromatic carbocycles. The van der Waals surface area contributed by atoms with Gasteiger partial charge in [0.1, 0.15) is 0 Å². The molecule has 1 rings (SSSR count). The van der Waals surface area contributed by atoms with E-state index >= 15 is 0 Å². The van der Waals surface area contributed by atoms with Crippen LogP contribution in [0, 0.1) is 5.92 Å². The molecule has 3 heteroatoms. The van der Waals surface area contributed by atoms with E-state index < -0.39 is 0 Å². The van der Waals surface area contributed by atoms with Gasteiger partial charge in [0.05, 0.1) is 6.61 Å². The van der Waals surface area contributed by atoms with E-state index in [1.165, 1.54) is 12.0 Å². The molecule has 0 heterocycles. The van der Waals surface area contributed by atoms with Gasteiger partial charge in [-0.15, -0.1) is 0 Å². The second-order valence-electron chi connectivity index (χ2n) is 4.15. The van der Waals surface area contributed by atoms with E-state index in [9.17, 15) is 0 Å². The molecule has 0 bridgehead atoms. The first kappa shape index (κ1) is 12.1. The maximum Gasteiger partial charge on any atom is 0.0641 e. The molecule has 1 aliphatic carbocycles. The van der Waals surface area contributed by atoms with Gasteiger partial charge < -0.3 is 16.2 Å². The number of hydrogen-bond donors (Lipinski definition) is 3. The lowest BCUT2D eigenvalue weighted by molar-refractivity contribution is 0.310. The van der Waals surface area contributed by atoms with Crippen LogP contribution in [-0.2, 0) is 0 Å². The fourth-order valence-corrected chi connectivity index (χ4v) is 2.01. The molecule has 1 unspecified atom stereocenters. The van der Waals surface area contributed by atoms with Crippen molar-refractivity contribution in [3.63, 3.8) is 0 Å². The summed E-state index contributed by atoms with van der Waals surface area (Å²) in [6.45, 7) is 3.16. The number of allylic oxidation sites excluding steroid dienone is 2. The van der Waals surface area contributed by atoms with Crippen molar-refractivity contribution < 1.29 is 5.11 Å². The molecule has 86 valence electrons. The Labute approximate surface area is 92.1 Å². The summed E-state index contributed by atoms with van der Waals surface area (Å²) < 4.78 is 0. The first-order chi connectivity index (χ1) is 7.26. The Bertz CT molecular complexity index is 246. The predicted octanol–water partition coefficient (Wildman–Crippen LogP) is 1.50. The third-order valence-corrected chi connectivity index (χ3v) is 2.78. The summed E-state index contributed by atoms with van der Waals surface area (Å²) in [5.41, 5.74) is 7.98. The van der Waals surface area contributed by atoms with Crippen molar-refractivity contribution in [2.45, 2.75) is 32.6 Å². The Morgan fingerprint density at radius 3 is 3.20 bits per heavy atom. The van der Waals surface area contributed by atoms with Crippen LogP contribution in [0.5, 0.6) is 0 Å². The lowest BCUT2D eigenvalue weighted by Crippen LogP contribution is -2.15. The number of rotatable bonds is 5. The lowest BCUT2D eigenvalue weighted by atomic mass is 9.86. The molecular formula is C12H22N2O. The van der Waals surface area contributed by atoms with Gasteiger partial charge >= 0.3 is 0 Å². The number of nitrogens with two attached hydrogens (primary N) is 1. The van der Waals surface area contributed by atoms with E-state index in [1.54, 1.807) is 0 Å². The smallest absolute Gasteiger partial charge is 0.0641 e. The van der Waals surface area contributed by atoms with Crippen molar-refractivity contribution in [2.24, 2.45) is 11.7 Å². The van der Waals surface area contributed by atoms with Crippen molar-refractivity contribution in [1.82, 2.24) is 5.32 Å². The van der Waals surface area contributed by atoms with E-state index in [1.807, 2.05) is 6.20 Å². The van der Waals surface area contributed by atoms with Crippen molar-refractivity contribution in [2.75, 3.05) is 13.2 Å². The molecule has 0 aromatic rings. The topological polar surface area (TPSA) is 58.3 Å². The summed E-state index contributed by atoms with van der Waals surface area (Å²) in [7, 11) is 0. The molecule has 0 fully saturated rings. The lowest BCUT2D eigenvalue weighted by Gasteiger charge is -2.21. The van der Waals surface area contributed by atoms with Gasteiger partial charge in [-0.2, -0.15) is 0 Å². The van der Waals surface area contributed by atoms with Crippen LogP contribution in [0.3, 0.4) is 0 Å². The van der Waals surface area contributed by atoms with E-state index in [0.29, 0.717) is 5.92 Å². The number of aliphatic hydroxyl groups is 1. The number of hydrogen-bond acceptors (Lipinski definition) is 3. The summed E-state index contributed by atoms with van der Waals surface area (Å²) in [6, 6.07) is 0. The Morgan fingerprint density at radius 1 is 1.73 bits per heavy atom. The molecule has 0 saturated heterocycles. The molecule has 4 N–H and O–H groups in total. The van der Waals surface area contributed by atoms with Gasteiger partial charge in [-0.25, -0.2) is 0 Å². The SMILES string of the molecule is CCN/C=C(\N)CC1CCC=C(CO)C1. The minimum absolute atomic E-state index is 0.202. The predicted molar refractivity (Wildman–Crippen MR) is 63.1 cm³/mol. The van der Waals surface area contributed by atoms with Gasteiger partial charge in [0.25, 0.3) is 0 Å². The van der Waals surface area contributed by atoms with Gasteiger partial charge in [-0.1, -0.05) is 6.08 Å². The Hall–Kier alpha value is -0.960. The summed E-state index contributed by atoms with van der Waals surface area (Å²) in [5.74, 6) is 0.604. The summed E-state index contributed by atoms with van der Waals surface area (Å²) >= 11 is 0. The Kier molecular flexibility index (Phi) is 5.26. The Morgan fingerprint density at radius 2 is 2.53 bits per heavy atom. The molecule has 1 aliphatic rings. The van der Waals surface area contributed by atoms with Crippen LogP contribution in [-0.4, -0.2) is 18.3 Å². The summed E-state index contributed by atoms with van der Waals surface area (Å²) in [6.07, 6.45) is 8.25. The van der Waals surface area contributed by atoms with Crippen LogP contribution in [0.1, 0.15) is 32.6 Å². The number of aliphatic hydroxyl groups excluding tert-OH is 1. The standard InChI is InChI=1S/C12H22N2O/c1-2-14-8-12(13)7-10-4-3-5-11(6-10)9-15/h5,8,10,14-15H,2-4,6-7,9,13H2,1H3/b12-8-. The van der Waals surface area contributed by atoms with E-state index in [4.69, 9.17) is 10.8 Å². The highest BCUT2D eigenvalue weighted by molar-refractivity contribution is 5.09. The van der Waals surface area contributed by atoms with Crippen LogP contribution in [0.15, 0.2) is 23.5 Å². The highest BCUT2D eigenvalue weighted by Crippen LogP contribution is 2.27. The van der Waals surface area contributed by atoms with E-state index in [0.717, 1.165) is 31.5 Å². The minimum atomic E-state index is 0.202. The van der Waals surface area contributed by atoms with Crippen LogP contribution < -0.4 is 11.1 Å².